The van der Waals surface area contributed by atoms with Gasteiger partial charge in [0.15, 0.2) is 0 Å². The molecule has 1 N–H and O–H groups in total. The molecule has 2 aromatic carbocycles. The summed E-state index contributed by atoms with van der Waals surface area (Å²) in [7, 11) is 0. The number of carbonyl (C=O) groups is 1. The fourth-order valence-corrected chi connectivity index (χ4v) is 3.67. The molecule has 1 aliphatic carbocycles. The number of rotatable bonds is 2. The lowest BCUT2D eigenvalue weighted by Gasteiger charge is -2.36. The summed E-state index contributed by atoms with van der Waals surface area (Å²) in [6, 6.07) is 12.7. The Kier molecular flexibility index (Phi) is 4.30. The van der Waals surface area contributed by atoms with Crippen LogP contribution in [0.1, 0.15) is 17.5 Å². The zero-order valence-corrected chi connectivity index (χ0v) is 14.2. The predicted octanol–water partition coefficient (Wildman–Crippen LogP) is 3.67. The van der Waals surface area contributed by atoms with Crippen molar-refractivity contribution in [2.75, 3.05) is 36.4 Å². The van der Waals surface area contributed by atoms with Gasteiger partial charge in [-0.1, -0.05) is 6.07 Å². The molecule has 2 aliphatic rings. The van der Waals surface area contributed by atoms with Gasteiger partial charge in [-0.25, -0.2) is 9.18 Å². The highest BCUT2D eigenvalue weighted by atomic mass is 19.1. The van der Waals surface area contributed by atoms with Crippen molar-refractivity contribution in [3.8, 4) is 0 Å². The first-order valence-electron chi connectivity index (χ1n) is 8.87. The molecule has 2 aromatic rings. The quantitative estimate of drug-likeness (QED) is 0.906. The number of piperazine rings is 1. The first-order valence-corrected chi connectivity index (χ1v) is 8.87. The maximum atomic E-state index is 13.0. The third-order valence-electron chi connectivity index (χ3n) is 5.11. The van der Waals surface area contributed by atoms with Crippen molar-refractivity contribution >= 4 is 17.4 Å². The van der Waals surface area contributed by atoms with Crippen LogP contribution in [0.3, 0.4) is 0 Å². The van der Waals surface area contributed by atoms with E-state index in [1.54, 1.807) is 12.1 Å². The number of fused-ring (bicyclic) bond motifs is 1. The molecule has 1 aliphatic heterocycles. The first kappa shape index (κ1) is 15.9. The van der Waals surface area contributed by atoms with Crippen LogP contribution in [0.15, 0.2) is 42.5 Å². The Bertz CT molecular complexity index is 767. The maximum absolute atomic E-state index is 13.0. The van der Waals surface area contributed by atoms with Gasteiger partial charge in [-0.3, -0.25) is 0 Å². The largest absolute Gasteiger partial charge is 0.368 e. The summed E-state index contributed by atoms with van der Waals surface area (Å²) in [5.74, 6) is -0.226. The molecule has 0 bridgehead atoms. The fraction of sp³-hybridized carbons (Fsp3) is 0.350. The number of amides is 2. The number of urea groups is 1. The molecule has 5 heteroatoms. The highest BCUT2D eigenvalue weighted by Gasteiger charge is 2.22. The van der Waals surface area contributed by atoms with E-state index in [1.165, 1.54) is 29.7 Å². The molecule has 25 heavy (non-hydrogen) atoms. The molecule has 0 atom stereocenters. The van der Waals surface area contributed by atoms with Crippen LogP contribution in [0.25, 0.3) is 0 Å². The average Bonchev–Trinajstić information content (AvgIpc) is 3.10. The SMILES string of the molecule is O=C(Nc1ccc2c(c1)CCC2)N1CCN(c2ccc(F)cc2)CC1. The van der Waals surface area contributed by atoms with Gasteiger partial charge in [0.1, 0.15) is 5.82 Å². The van der Waals surface area contributed by atoms with E-state index in [1.807, 2.05) is 11.0 Å². The van der Waals surface area contributed by atoms with Gasteiger partial charge >= 0.3 is 6.03 Å². The zero-order chi connectivity index (χ0) is 17.2. The Balaban J connectivity index is 1.34. The number of hydrogen-bond acceptors (Lipinski definition) is 2. The van der Waals surface area contributed by atoms with Gasteiger partial charge in [-0.15, -0.1) is 0 Å². The molecule has 0 radical (unpaired) electrons. The molecule has 0 aromatic heterocycles. The molecule has 4 nitrogen and oxygen atoms in total. The summed E-state index contributed by atoms with van der Waals surface area (Å²) in [4.78, 5) is 16.5. The standard InChI is InChI=1S/C20H22FN3O/c21-17-5-8-19(9-6-17)23-10-12-24(13-11-23)20(25)22-18-7-4-15-2-1-3-16(15)14-18/h4-9,14H,1-3,10-13H2,(H,22,25). The second kappa shape index (κ2) is 6.75. The van der Waals surface area contributed by atoms with E-state index in [9.17, 15) is 9.18 Å². The number of benzene rings is 2. The molecule has 2 amide bonds. The van der Waals surface area contributed by atoms with Gasteiger partial charge < -0.3 is 15.1 Å². The Hall–Kier alpha value is -2.56. The minimum atomic E-state index is -0.226. The molecular formula is C20H22FN3O. The summed E-state index contributed by atoms with van der Waals surface area (Å²) < 4.78 is 13.0. The Morgan fingerprint density at radius 3 is 2.40 bits per heavy atom. The van der Waals surface area contributed by atoms with Crippen LogP contribution in [-0.2, 0) is 12.8 Å². The molecule has 0 spiro atoms. The lowest BCUT2D eigenvalue weighted by Crippen LogP contribution is -2.50. The fourth-order valence-electron chi connectivity index (χ4n) is 3.67. The number of hydrogen-bond donors (Lipinski definition) is 1. The lowest BCUT2D eigenvalue weighted by atomic mass is 10.1. The highest BCUT2D eigenvalue weighted by molar-refractivity contribution is 5.89. The molecule has 4 rings (SSSR count). The maximum Gasteiger partial charge on any atom is 0.321 e. The highest BCUT2D eigenvalue weighted by Crippen LogP contribution is 2.25. The van der Waals surface area contributed by atoms with Crippen LogP contribution < -0.4 is 10.2 Å². The van der Waals surface area contributed by atoms with E-state index in [0.29, 0.717) is 13.1 Å². The smallest absolute Gasteiger partial charge is 0.321 e. The lowest BCUT2D eigenvalue weighted by molar-refractivity contribution is 0.208. The van der Waals surface area contributed by atoms with Gasteiger partial charge in [-0.2, -0.15) is 0 Å². The zero-order valence-electron chi connectivity index (χ0n) is 14.2. The molecule has 130 valence electrons. The molecule has 1 fully saturated rings. The van der Waals surface area contributed by atoms with Gasteiger partial charge in [0, 0.05) is 37.6 Å². The van der Waals surface area contributed by atoms with Gasteiger partial charge in [-0.05, 0) is 66.8 Å². The van der Waals surface area contributed by atoms with Crippen molar-refractivity contribution in [1.29, 1.82) is 0 Å². The van der Waals surface area contributed by atoms with E-state index in [4.69, 9.17) is 0 Å². The number of anilines is 2. The van der Waals surface area contributed by atoms with Crippen molar-refractivity contribution in [3.63, 3.8) is 0 Å². The summed E-state index contributed by atoms with van der Waals surface area (Å²) in [6.45, 7) is 2.83. The summed E-state index contributed by atoms with van der Waals surface area (Å²) >= 11 is 0. The predicted molar refractivity (Wildman–Crippen MR) is 97.7 cm³/mol. The van der Waals surface area contributed by atoms with Crippen LogP contribution in [0.2, 0.25) is 0 Å². The molecule has 0 saturated carbocycles. The van der Waals surface area contributed by atoms with Crippen LogP contribution in [0, 0.1) is 5.82 Å². The molecule has 1 heterocycles. The molecule has 1 saturated heterocycles. The van der Waals surface area contributed by atoms with Crippen molar-refractivity contribution in [3.05, 3.63) is 59.4 Å². The summed E-state index contributed by atoms with van der Waals surface area (Å²) in [6.07, 6.45) is 3.46. The number of nitrogens with zero attached hydrogens (tertiary/aromatic N) is 2. The minimum Gasteiger partial charge on any atom is -0.368 e. The Morgan fingerprint density at radius 1 is 0.920 bits per heavy atom. The van der Waals surface area contributed by atoms with Gasteiger partial charge in [0.25, 0.3) is 0 Å². The van der Waals surface area contributed by atoms with Crippen LogP contribution in [-0.4, -0.2) is 37.1 Å². The second-order valence-corrected chi connectivity index (χ2v) is 6.72. The monoisotopic (exact) mass is 339 g/mol. The molecule has 0 unspecified atom stereocenters. The van der Waals surface area contributed by atoms with Crippen LogP contribution in [0.5, 0.6) is 0 Å². The first-order chi connectivity index (χ1) is 12.2. The van der Waals surface area contributed by atoms with Crippen molar-refractivity contribution < 1.29 is 9.18 Å². The normalized spacial score (nSPS) is 16.7. The Morgan fingerprint density at radius 2 is 1.64 bits per heavy atom. The van der Waals surface area contributed by atoms with Crippen molar-refractivity contribution in [1.82, 2.24) is 4.90 Å². The summed E-state index contributed by atoms with van der Waals surface area (Å²) in [5, 5.41) is 3.02. The average molecular weight is 339 g/mol. The second-order valence-electron chi connectivity index (χ2n) is 6.72. The van der Waals surface area contributed by atoms with E-state index in [0.717, 1.165) is 37.3 Å². The number of carbonyl (C=O) groups excluding carboxylic acids is 1. The van der Waals surface area contributed by atoms with Gasteiger partial charge in [0.2, 0.25) is 0 Å². The Labute approximate surface area is 147 Å². The third kappa shape index (κ3) is 3.45. The van der Waals surface area contributed by atoms with Crippen LogP contribution >= 0.6 is 0 Å². The van der Waals surface area contributed by atoms with Crippen LogP contribution in [0.4, 0.5) is 20.6 Å². The summed E-state index contributed by atoms with van der Waals surface area (Å²) in [5.41, 5.74) is 4.65. The van der Waals surface area contributed by atoms with Crippen molar-refractivity contribution in [2.45, 2.75) is 19.3 Å². The third-order valence-corrected chi connectivity index (χ3v) is 5.11. The van der Waals surface area contributed by atoms with Gasteiger partial charge in [0.05, 0.1) is 0 Å². The van der Waals surface area contributed by atoms with E-state index in [2.05, 4.69) is 22.3 Å². The minimum absolute atomic E-state index is 0.0447. The number of halogens is 1. The van der Waals surface area contributed by atoms with E-state index in [-0.39, 0.29) is 11.8 Å². The number of nitrogens with one attached hydrogen (secondary N) is 1. The topological polar surface area (TPSA) is 35.6 Å². The van der Waals surface area contributed by atoms with E-state index < -0.39 is 0 Å². The van der Waals surface area contributed by atoms with Crippen molar-refractivity contribution in [2.24, 2.45) is 0 Å². The number of aryl methyl sites for hydroxylation is 2. The molecular weight excluding hydrogens is 317 g/mol. The van der Waals surface area contributed by atoms with E-state index >= 15 is 0 Å².